The highest BCUT2D eigenvalue weighted by Gasteiger charge is 2.11. The van der Waals surface area contributed by atoms with Crippen molar-refractivity contribution >= 4 is 0 Å². The Morgan fingerprint density at radius 1 is 1.33 bits per heavy atom. The molecule has 4 heteroatoms. The number of nitrogens with two attached hydrogens (primary N) is 1. The fourth-order valence-corrected chi connectivity index (χ4v) is 1.86. The Bertz CT molecular complexity index is 306. The van der Waals surface area contributed by atoms with Crippen LogP contribution in [0.4, 0.5) is 0 Å². The van der Waals surface area contributed by atoms with Gasteiger partial charge in [0.1, 0.15) is 0 Å². The molecule has 0 saturated heterocycles. The summed E-state index contributed by atoms with van der Waals surface area (Å²) in [5.41, 5.74) is 6.84. The second kappa shape index (κ2) is 9.05. The molecule has 0 aromatic heterocycles. The number of hydrogen-bond donors (Lipinski definition) is 2. The second-order valence-corrected chi connectivity index (χ2v) is 4.32. The topological polar surface area (TPSA) is 58.7 Å². The molecule has 0 heterocycles. The summed E-state index contributed by atoms with van der Waals surface area (Å²) in [4.78, 5) is 2.15. The van der Waals surface area contributed by atoms with Crippen molar-refractivity contribution in [2.24, 2.45) is 5.73 Å². The monoisotopic (exact) mass is 252 g/mol. The SMILES string of the molecule is CCOCC(O)CN(CCN)Cc1ccccc1. The van der Waals surface area contributed by atoms with Gasteiger partial charge in [-0.1, -0.05) is 30.3 Å². The van der Waals surface area contributed by atoms with E-state index in [4.69, 9.17) is 10.5 Å². The van der Waals surface area contributed by atoms with Crippen LogP contribution in [0.25, 0.3) is 0 Å². The third-order valence-electron chi connectivity index (χ3n) is 2.68. The Hall–Kier alpha value is -0.940. The van der Waals surface area contributed by atoms with E-state index in [-0.39, 0.29) is 0 Å². The van der Waals surface area contributed by atoms with Crippen LogP contribution < -0.4 is 5.73 Å². The number of nitrogens with zero attached hydrogens (tertiary/aromatic N) is 1. The number of aliphatic hydroxyl groups excluding tert-OH is 1. The molecule has 1 aromatic carbocycles. The zero-order valence-electron chi connectivity index (χ0n) is 11.1. The zero-order valence-corrected chi connectivity index (χ0v) is 11.1. The number of hydrogen-bond acceptors (Lipinski definition) is 4. The molecule has 4 nitrogen and oxygen atoms in total. The van der Waals surface area contributed by atoms with Gasteiger partial charge in [0.05, 0.1) is 12.7 Å². The minimum Gasteiger partial charge on any atom is -0.389 e. The molecule has 0 saturated carbocycles. The molecule has 102 valence electrons. The van der Waals surface area contributed by atoms with Gasteiger partial charge in [-0.3, -0.25) is 4.90 Å². The van der Waals surface area contributed by atoms with E-state index in [0.717, 1.165) is 13.1 Å². The lowest BCUT2D eigenvalue weighted by atomic mass is 10.2. The molecule has 0 bridgehead atoms. The van der Waals surface area contributed by atoms with E-state index < -0.39 is 6.10 Å². The van der Waals surface area contributed by atoms with Crippen LogP contribution >= 0.6 is 0 Å². The van der Waals surface area contributed by atoms with E-state index in [1.807, 2.05) is 25.1 Å². The summed E-state index contributed by atoms with van der Waals surface area (Å²) in [5, 5.41) is 9.85. The van der Waals surface area contributed by atoms with Gasteiger partial charge in [-0.25, -0.2) is 0 Å². The van der Waals surface area contributed by atoms with Crippen LogP contribution in [0, 0.1) is 0 Å². The van der Waals surface area contributed by atoms with Gasteiger partial charge in [0.25, 0.3) is 0 Å². The summed E-state index contributed by atoms with van der Waals surface area (Å²) in [6, 6.07) is 10.2. The van der Waals surface area contributed by atoms with Gasteiger partial charge in [0, 0.05) is 32.8 Å². The van der Waals surface area contributed by atoms with Crippen molar-refractivity contribution in [3.63, 3.8) is 0 Å². The largest absolute Gasteiger partial charge is 0.389 e. The molecule has 1 aromatic rings. The second-order valence-electron chi connectivity index (χ2n) is 4.32. The van der Waals surface area contributed by atoms with Crippen LogP contribution in [0.15, 0.2) is 30.3 Å². The van der Waals surface area contributed by atoms with Crippen LogP contribution in [0.1, 0.15) is 12.5 Å². The van der Waals surface area contributed by atoms with Crippen LogP contribution in [0.3, 0.4) is 0 Å². The molecule has 0 aliphatic carbocycles. The highest BCUT2D eigenvalue weighted by Crippen LogP contribution is 2.05. The standard InChI is InChI=1S/C14H24N2O2/c1-2-18-12-14(17)11-16(9-8-15)10-13-6-4-3-5-7-13/h3-7,14,17H,2,8-12,15H2,1H3. The first-order valence-corrected chi connectivity index (χ1v) is 6.48. The fourth-order valence-electron chi connectivity index (χ4n) is 1.86. The van der Waals surface area contributed by atoms with Crippen molar-refractivity contribution in [1.82, 2.24) is 4.90 Å². The summed E-state index contributed by atoms with van der Waals surface area (Å²) >= 11 is 0. The van der Waals surface area contributed by atoms with Gasteiger partial charge >= 0.3 is 0 Å². The molecule has 0 aliphatic heterocycles. The molecular formula is C14H24N2O2. The van der Waals surface area contributed by atoms with E-state index in [0.29, 0.717) is 26.3 Å². The molecule has 1 unspecified atom stereocenters. The Balaban J connectivity index is 2.44. The van der Waals surface area contributed by atoms with Gasteiger partial charge < -0.3 is 15.6 Å². The van der Waals surface area contributed by atoms with E-state index in [2.05, 4.69) is 17.0 Å². The summed E-state index contributed by atoms with van der Waals surface area (Å²) in [5.74, 6) is 0. The predicted molar refractivity (Wildman–Crippen MR) is 73.3 cm³/mol. The van der Waals surface area contributed by atoms with Crippen molar-refractivity contribution in [2.75, 3.05) is 32.8 Å². The van der Waals surface area contributed by atoms with E-state index in [1.54, 1.807) is 0 Å². The highest BCUT2D eigenvalue weighted by molar-refractivity contribution is 5.14. The number of benzene rings is 1. The third-order valence-corrected chi connectivity index (χ3v) is 2.68. The highest BCUT2D eigenvalue weighted by atomic mass is 16.5. The molecule has 0 radical (unpaired) electrons. The van der Waals surface area contributed by atoms with E-state index in [9.17, 15) is 5.11 Å². The van der Waals surface area contributed by atoms with Crippen molar-refractivity contribution in [2.45, 2.75) is 19.6 Å². The average molecular weight is 252 g/mol. The average Bonchev–Trinajstić information content (AvgIpc) is 2.38. The first kappa shape index (κ1) is 15.1. The summed E-state index contributed by atoms with van der Waals surface area (Å²) < 4.78 is 5.22. The molecule has 1 atom stereocenters. The Kier molecular flexibility index (Phi) is 7.60. The minimum absolute atomic E-state index is 0.381. The van der Waals surface area contributed by atoms with Crippen molar-refractivity contribution in [3.05, 3.63) is 35.9 Å². The molecule has 0 aliphatic rings. The van der Waals surface area contributed by atoms with E-state index in [1.165, 1.54) is 5.56 Å². The fraction of sp³-hybridized carbons (Fsp3) is 0.571. The van der Waals surface area contributed by atoms with Crippen LogP contribution in [0.2, 0.25) is 0 Å². The number of rotatable bonds is 9. The molecule has 3 N–H and O–H groups in total. The van der Waals surface area contributed by atoms with E-state index >= 15 is 0 Å². The Morgan fingerprint density at radius 3 is 2.67 bits per heavy atom. The molecule has 0 amide bonds. The van der Waals surface area contributed by atoms with Gasteiger partial charge in [-0.15, -0.1) is 0 Å². The molecular weight excluding hydrogens is 228 g/mol. The lowest BCUT2D eigenvalue weighted by Gasteiger charge is -2.24. The van der Waals surface area contributed by atoms with Crippen LogP contribution in [-0.2, 0) is 11.3 Å². The molecule has 0 fully saturated rings. The minimum atomic E-state index is -0.458. The summed E-state index contributed by atoms with van der Waals surface area (Å²) in [6.07, 6.45) is -0.458. The zero-order chi connectivity index (χ0) is 13.2. The molecule has 0 spiro atoms. The van der Waals surface area contributed by atoms with Gasteiger partial charge in [-0.05, 0) is 12.5 Å². The quantitative estimate of drug-likeness (QED) is 0.684. The maximum Gasteiger partial charge on any atom is 0.0900 e. The third kappa shape index (κ3) is 6.12. The summed E-state index contributed by atoms with van der Waals surface area (Å²) in [7, 11) is 0. The first-order chi connectivity index (χ1) is 8.76. The van der Waals surface area contributed by atoms with Crippen molar-refractivity contribution < 1.29 is 9.84 Å². The lowest BCUT2D eigenvalue weighted by Crippen LogP contribution is -2.37. The number of aliphatic hydroxyl groups is 1. The van der Waals surface area contributed by atoms with Gasteiger partial charge in [0.15, 0.2) is 0 Å². The van der Waals surface area contributed by atoms with Crippen LogP contribution in [0.5, 0.6) is 0 Å². The van der Waals surface area contributed by atoms with Crippen molar-refractivity contribution in [3.8, 4) is 0 Å². The normalized spacial score (nSPS) is 12.9. The predicted octanol–water partition coefficient (Wildman–Crippen LogP) is 0.845. The maximum absolute atomic E-state index is 9.85. The maximum atomic E-state index is 9.85. The van der Waals surface area contributed by atoms with Gasteiger partial charge in [-0.2, -0.15) is 0 Å². The van der Waals surface area contributed by atoms with Gasteiger partial charge in [0.2, 0.25) is 0 Å². The molecule has 18 heavy (non-hydrogen) atoms. The summed E-state index contributed by atoms with van der Waals surface area (Å²) in [6.45, 7) is 5.70. The lowest BCUT2D eigenvalue weighted by molar-refractivity contribution is 0.0202. The molecule has 1 rings (SSSR count). The van der Waals surface area contributed by atoms with Crippen molar-refractivity contribution in [1.29, 1.82) is 0 Å². The number of ether oxygens (including phenoxy) is 1. The van der Waals surface area contributed by atoms with Crippen LogP contribution in [-0.4, -0.2) is 49.0 Å². The Labute approximate surface area is 109 Å². The smallest absolute Gasteiger partial charge is 0.0900 e. The Morgan fingerprint density at radius 2 is 2.06 bits per heavy atom. The first-order valence-electron chi connectivity index (χ1n) is 6.48.